The number of aromatic nitrogens is 3. The molecular formula is C15H17N5OS. The van der Waals surface area contributed by atoms with Gasteiger partial charge in [0.2, 0.25) is 0 Å². The molecule has 1 saturated heterocycles. The van der Waals surface area contributed by atoms with Crippen molar-refractivity contribution in [3.8, 4) is 0 Å². The molecule has 6 nitrogen and oxygen atoms in total. The Morgan fingerprint density at radius 2 is 1.91 bits per heavy atom. The molecule has 0 radical (unpaired) electrons. The molecule has 22 heavy (non-hydrogen) atoms. The molecule has 0 N–H and O–H groups in total. The van der Waals surface area contributed by atoms with Crippen LogP contribution in [0.1, 0.15) is 33.4 Å². The Bertz CT molecular complexity index is 662. The predicted molar refractivity (Wildman–Crippen MR) is 84.2 cm³/mol. The van der Waals surface area contributed by atoms with Gasteiger partial charge in [0.1, 0.15) is 10.7 Å². The third kappa shape index (κ3) is 2.68. The number of thiazole rings is 1. The van der Waals surface area contributed by atoms with Gasteiger partial charge in [0, 0.05) is 44.5 Å². The number of anilines is 1. The molecule has 7 heteroatoms. The summed E-state index contributed by atoms with van der Waals surface area (Å²) in [4.78, 5) is 30.2. The summed E-state index contributed by atoms with van der Waals surface area (Å²) in [6.45, 7) is 3.01. The summed E-state index contributed by atoms with van der Waals surface area (Å²) in [6, 6.07) is 0. The van der Waals surface area contributed by atoms with Gasteiger partial charge in [0.15, 0.2) is 0 Å². The largest absolute Gasteiger partial charge is 0.352 e. The van der Waals surface area contributed by atoms with Crippen LogP contribution in [0.25, 0.3) is 0 Å². The maximum absolute atomic E-state index is 12.5. The molecule has 1 aliphatic carbocycles. The van der Waals surface area contributed by atoms with E-state index in [0.29, 0.717) is 19.0 Å². The van der Waals surface area contributed by atoms with Crippen molar-refractivity contribution in [1.82, 2.24) is 19.9 Å². The molecule has 0 unspecified atom stereocenters. The van der Waals surface area contributed by atoms with Crippen LogP contribution < -0.4 is 4.90 Å². The van der Waals surface area contributed by atoms with Gasteiger partial charge in [-0.2, -0.15) is 0 Å². The van der Waals surface area contributed by atoms with Crippen LogP contribution in [0.3, 0.4) is 0 Å². The second kappa shape index (κ2) is 5.64. The number of carbonyl (C=O) groups is 1. The van der Waals surface area contributed by atoms with Gasteiger partial charge in [0.25, 0.3) is 5.91 Å². The minimum Gasteiger partial charge on any atom is -0.352 e. The van der Waals surface area contributed by atoms with Crippen molar-refractivity contribution in [1.29, 1.82) is 0 Å². The van der Waals surface area contributed by atoms with Gasteiger partial charge in [-0.3, -0.25) is 9.78 Å². The first-order valence-electron chi connectivity index (χ1n) is 7.57. The molecule has 2 fully saturated rings. The number of hydrogen-bond acceptors (Lipinski definition) is 6. The smallest absolute Gasteiger partial charge is 0.265 e. The van der Waals surface area contributed by atoms with E-state index in [1.54, 1.807) is 36.1 Å². The highest BCUT2D eigenvalue weighted by atomic mass is 32.1. The average Bonchev–Trinajstić information content (AvgIpc) is 3.32. The van der Waals surface area contributed by atoms with E-state index in [2.05, 4.69) is 19.9 Å². The normalized spacial score (nSPS) is 18.5. The summed E-state index contributed by atoms with van der Waals surface area (Å²) < 4.78 is 0. The number of hydrogen-bond donors (Lipinski definition) is 0. The molecule has 1 amide bonds. The molecule has 3 heterocycles. The fourth-order valence-corrected chi connectivity index (χ4v) is 3.71. The second-order valence-corrected chi connectivity index (χ2v) is 6.74. The monoisotopic (exact) mass is 315 g/mol. The lowest BCUT2D eigenvalue weighted by Crippen LogP contribution is -2.48. The van der Waals surface area contributed by atoms with Crippen LogP contribution >= 0.6 is 11.3 Å². The molecule has 0 spiro atoms. The summed E-state index contributed by atoms with van der Waals surface area (Å²) in [5.74, 6) is 1.60. The zero-order chi connectivity index (χ0) is 14.9. The second-order valence-electron chi connectivity index (χ2n) is 5.68. The minimum atomic E-state index is 0.114. The zero-order valence-electron chi connectivity index (χ0n) is 12.2. The molecule has 2 aromatic heterocycles. The van der Waals surface area contributed by atoms with Gasteiger partial charge in [-0.05, 0) is 12.8 Å². The number of piperazine rings is 1. The van der Waals surface area contributed by atoms with Crippen LogP contribution in [0.2, 0.25) is 0 Å². The van der Waals surface area contributed by atoms with Crippen molar-refractivity contribution < 1.29 is 4.79 Å². The van der Waals surface area contributed by atoms with Crippen molar-refractivity contribution in [2.45, 2.75) is 18.8 Å². The summed E-state index contributed by atoms with van der Waals surface area (Å²) >= 11 is 1.56. The van der Waals surface area contributed by atoms with Crippen molar-refractivity contribution in [2.75, 3.05) is 31.1 Å². The first-order chi connectivity index (χ1) is 10.8. The Balaban J connectivity index is 1.39. The van der Waals surface area contributed by atoms with E-state index in [-0.39, 0.29) is 5.91 Å². The van der Waals surface area contributed by atoms with Crippen LogP contribution in [-0.2, 0) is 0 Å². The first-order valence-corrected chi connectivity index (χ1v) is 8.39. The van der Waals surface area contributed by atoms with Gasteiger partial charge in [-0.15, -0.1) is 11.3 Å². The Labute approximate surface area is 132 Å². The van der Waals surface area contributed by atoms with E-state index >= 15 is 0 Å². The number of amides is 1. The highest BCUT2D eigenvalue weighted by Crippen LogP contribution is 2.41. The Morgan fingerprint density at radius 1 is 1.09 bits per heavy atom. The number of rotatable bonds is 3. The minimum absolute atomic E-state index is 0.114. The maximum atomic E-state index is 12.5. The fraction of sp³-hybridized carbons (Fsp3) is 0.467. The molecular weight excluding hydrogens is 298 g/mol. The van der Waals surface area contributed by atoms with E-state index in [1.165, 1.54) is 12.8 Å². The van der Waals surface area contributed by atoms with Gasteiger partial charge >= 0.3 is 0 Å². The average molecular weight is 315 g/mol. The summed E-state index contributed by atoms with van der Waals surface area (Å²) in [7, 11) is 0. The van der Waals surface area contributed by atoms with Gasteiger partial charge < -0.3 is 9.80 Å². The lowest BCUT2D eigenvalue weighted by atomic mass is 10.3. The van der Waals surface area contributed by atoms with Crippen molar-refractivity contribution >= 4 is 23.1 Å². The highest BCUT2D eigenvalue weighted by Gasteiger charge is 2.29. The lowest BCUT2D eigenvalue weighted by molar-refractivity contribution is 0.0751. The van der Waals surface area contributed by atoms with Crippen molar-refractivity contribution in [3.63, 3.8) is 0 Å². The van der Waals surface area contributed by atoms with Gasteiger partial charge in [0.05, 0.1) is 17.4 Å². The Kier molecular flexibility index (Phi) is 3.49. The molecule has 0 bridgehead atoms. The quantitative estimate of drug-likeness (QED) is 0.864. The van der Waals surface area contributed by atoms with Crippen LogP contribution in [-0.4, -0.2) is 51.9 Å². The molecule has 2 aromatic rings. The van der Waals surface area contributed by atoms with E-state index in [4.69, 9.17) is 0 Å². The SMILES string of the molecule is O=C(c1cnc(C2CC2)s1)N1CCN(c2cnccn2)CC1. The molecule has 1 aliphatic heterocycles. The van der Waals surface area contributed by atoms with Crippen molar-refractivity contribution in [2.24, 2.45) is 0 Å². The highest BCUT2D eigenvalue weighted by molar-refractivity contribution is 7.13. The van der Waals surface area contributed by atoms with E-state index in [1.807, 2.05) is 4.90 Å². The molecule has 1 saturated carbocycles. The topological polar surface area (TPSA) is 62.2 Å². The first kappa shape index (κ1) is 13.6. The molecule has 2 aliphatic rings. The fourth-order valence-electron chi connectivity index (χ4n) is 2.65. The third-order valence-corrected chi connectivity index (χ3v) is 5.25. The van der Waals surface area contributed by atoms with E-state index in [9.17, 15) is 4.79 Å². The van der Waals surface area contributed by atoms with Gasteiger partial charge in [-0.25, -0.2) is 9.97 Å². The van der Waals surface area contributed by atoms with E-state index in [0.717, 1.165) is 28.8 Å². The standard InChI is InChI=1S/C15H17N5OS/c21-15(12-9-18-14(22-12)11-1-2-11)20-7-5-19(6-8-20)13-10-16-3-4-17-13/h3-4,9-11H,1-2,5-8H2. The van der Waals surface area contributed by atoms with Crippen LogP contribution in [0.5, 0.6) is 0 Å². The molecule has 114 valence electrons. The molecule has 0 aromatic carbocycles. The van der Waals surface area contributed by atoms with Crippen LogP contribution in [0, 0.1) is 0 Å². The zero-order valence-corrected chi connectivity index (χ0v) is 13.0. The van der Waals surface area contributed by atoms with Gasteiger partial charge in [-0.1, -0.05) is 0 Å². The maximum Gasteiger partial charge on any atom is 0.265 e. The number of carbonyl (C=O) groups excluding carboxylic acids is 1. The summed E-state index contributed by atoms with van der Waals surface area (Å²) in [5.41, 5.74) is 0. The van der Waals surface area contributed by atoms with Crippen LogP contribution in [0.15, 0.2) is 24.8 Å². The molecule has 4 rings (SSSR count). The predicted octanol–water partition coefficient (Wildman–Crippen LogP) is 1.77. The van der Waals surface area contributed by atoms with Crippen molar-refractivity contribution in [3.05, 3.63) is 34.7 Å². The summed E-state index contributed by atoms with van der Waals surface area (Å²) in [5, 5.41) is 1.13. The number of nitrogens with zero attached hydrogens (tertiary/aromatic N) is 5. The third-order valence-electron chi connectivity index (χ3n) is 4.10. The van der Waals surface area contributed by atoms with E-state index < -0.39 is 0 Å². The lowest BCUT2D eigenvalue weighted by Gasteiger charge is -2.34. The Morgan fingerprint density at radius 3 is 2.59 bits per heavy atom. The Hall–Kier alpha value is -2.02. The summed E-state index contributed by atoms with van der Waals surface area (Å²) in [6.07, 6.45) is 9.32. The van der Waals surface area contributed by atoms with Crippen LogP contribution in [0.4, 0.5) is 5.82 Å². The molecule has 0 atom stereocenters.